The van der Waals surface area contributed by atoms with Crippen molar-refractivity contribution in [1.29, 1.82) is 0 Å². The average Bonchev–Trinajstić information content (AvgIpc) is 3.23. The van der Waals surface area contributed by atoms with Crippen LogP contribution in [-0.2, 0) is 19.4 Å². The fraction of sp³-hybridized carbons (Fsp3) is 0.240. The maximum Gasteiger partial charge on any atom is 0.282 e. The van der Waals surface area contributed by atoms with Gasteiger partial charge in [-0.05, 0) is 83.7 Å². The van der Waals surface area contributed by atoms with Crippen LogP contribution in [0.1, 0.15) is 34.4 Å². The Balaban J connectivity index is 1.41. The van der Waals surface area contributed by atoms with Gasteiger partial charge < -0.3 is 9.47 Å². The first kappa shape index (κ1) is 24.5. The summed E-state index contributed by atoms with van der Waals surface area (Å²) in [4.78, 5) is 19.7. The average molecular weight is 640 g/mol. The number of aromatic nitrogens is 2. The Morgan fingerprint density at radius 1 is 1.23 bits per heavy atom. The van der Waals surface area contributed by atoms with Gasteiger partial charge in [0, 0.05) is 20.5 Å². The van der Waals surface area contributed by atoms with Crippen molar-refractivity contribution < 1.29 is 9.47 Å². The minimum absolute atomic E-state index is 0.132. The number of halogens is 3. The second kappa shape index (κ2) is 10.5. The zero-order valence-corrected chi connectivity index (χ0v) is 23.2. The summed E-state index contributed by atoms with van der Waals surface area (Å²) in [6.45, 7) is 0.266. The van der Waals surface area contributed by atoms with E-state index in [1.54, 1.807) is 36.8 Å². The van der Waals surface area contributed by atoms with Crippen LogP contribution in [0.25, 0.3) is 10.2 Å². The minimum atomic E-state index is -0.132. The standard InChI is InChI=1S/C25H20Cl2IN3O3S/c1-33-20-9-14(8-19(28)23(20)34-12-15-6-7-16(26)10-18(15)27)11-30-31-13-29-24-22(25(31)32)17-4-2-3-5-21(17)35-24/h6-11,13H,2-5,12H2,1H3/b30-11-. The molecule has 6 nitrogen and oxygen atoms in total. The second-order valence-corrected chi connectivity index (χ2v) is 11.2. The van der Waals surface area contributed by atoms with Crippen molar-refractivity contribution in [2.45, 2.75) is 32.3 Å². The molecule has 5 rings (SSSR count). The monoisotopic (exact) mass is 639 g/mol. The molecule has 2 heterocycles. The quantitative estimate of drug-likeness (QED) is 0.174. The van der Waals surface area contributed by atoms with Crippen LogP contribution < -0.4 is 15.0 Å². The van der Waals surface area contributed by atoms with E-state index in [9.17, 15) is 4.79 Å². The van der Waals surface area contributed by atoms with Crippen LogP contribution in [0.3, 0.4) is 0 Å². The van der Waals surface area contributed by atoms with Crippen LogP contribution in [0.2, 0.25) is 10.0 Å². The number of hydrogen-bond donors (Lipinski definition) is 0. The van der Waals surface area contributed by atoms with Crippen molar-refractivity contribution in [1.82, 2.24) is 9.66 Å². The summed E-state index contributed by atoms with van der Waals surface area (Å²) in [5.74, 6) is 1.15. The Bertz CT molecular complexity index is 1520. The lowest BCUT2D eigenvalue weighted by Gasteiger charge is -2.14. The highest BCUT2D eigenvalue weighted by molar-refractivity contribution is 14.1. The van der Waals surface area contributed by atoms with E-state index >= 15 is 0 Å². The topological polar surface area (TPSA) is 65.7 Å². The molecule has 0 spiro atoms. The number of rotatable bonds is 6. The van der Waals surface area contributed by atoms with Crippen LogP contribution in [0.4, 0.5) is 0 Å². The lowest BCUT2D eigenvalue weighted by molar-refractivity contribution is 0.282. The molecule has 0 N–H and O–H groups in total. The molecule has 0 unspecified atom stereocenters. The Labute approximate surface area is 229 Å². The van der Waals surface area contributed by atoms with Crippen molar-refractivity contribution in [3.63, 3.8) is 0 Å². The van der Waals surface area contributed by atoms with Gasteiger partial charge in [-0.25, -0.2) is 4.98 Å². The molecule has 0 radical (unpaired) electrons. The van der Waals surface area contributed by atoms with Gasteiger partial charge in [0.2, 0.25) is 0 Å². The molecule has 0 aliphatic heterocycles. The molecule has 0 saturated carbocycles. The van der Waals surface area contributed by atoms with E-state index in [-0.39, 0.29) is 12.2 Å². The lowest BCUT2D eigenvalue weighted by atomic mass is 9.97. The molecule has 10 heteroatoms. The molecule has 1 aliphatic rings. The van der Waals surface area contributed by atoms with Gasteiger partial charge in [0.25, 0.3) is 5.56 Å². The molecule has 2 aromatic heterocycles. The molecule has 35 heavy (non-hydrogen) atoms. The Morgan fingerprint density at radius 3 is 2.86 bits per heavy atom. The number of fused-ring (bicyclic) bond motifs is 3. The molecular formula is C25H20Cl2IN3O3S. The van der Waals surface area contributed by atoms with E-state index in [1.165, 1.54) is 22.3 Å². The molecule has 0 atom stereocenters. The third-order valence-corrected chi connectivity index (χ3v) is 8.42. The predicted octanol–water partition coefficient (Wildman–Crippen LogP) is 6.72. The van der Waals surface area contributed by atoms with Crippen molar-refractivity contribution in [2.75, 3.05) is 7.11 Å². The van der Waals surface area contributed by atoms with Gasteiger partial charge in [-0.1, -0.05) is 29.3 Å². The van der Waals surface area contributed by atoms with Crippen LogP contribution in [-0.4, -0.2) is 23.0 Å². The first-order valence-electron chi connectivity index (χ1n) is 10.9. The van der Waals surface area contributed by atoms with E-state index in [2.05, 4.69) is 32.7 Å². The highest BCUT2D eigenvalue weighted by atomic mass is 127. The highest BCUT2D eigenvalue weighted by Gasteiger charge is 2.20. The molecule has 2 aromatic carbocycles. The number of hydrogen-bond acceptors (Lipinski definition) is 6. The van der Waals surface area contributed by atoms with E-state index in [0.29, 0.717) is 26.9 Å². The summed E-state index contributed by atoms with van der Waals surface area (Å²) >= 11 is 16.1. The highest BCUT2D eigenvalue weighted by Crippen LogP contribution is 2.35. The summed E-state index contributed by atoms with van der Waals surface area (Å²) in [5, 5.41) is 6.23. The third-order valence-electron chi connectivity index (χ3n) is 5.83. The first-order valence-corrected chi connectivity index (χ1v) is 13.6. The van der Waals surface area contributed by atoms with Gasteiger partial charge in [0.1, 0.15) is 17.8 Å². The largest absolute Gasteiger partial charge is 0.493 e. The number of aryl methyl sites for hydroxylation is 2. The zero-order chi connectivity index (χ0) is 24.5. The predicted molar refractivity (Wildman–Crippen MR) is 150 cm³/mol. The van der Waals surface area contributed by atoms with Gasteiger partial charge in [-0.3, -0.25) is 4.79 Å². The van der Waals surface area contributed by atoms with Crippen LogP contribution in [0.15, 0.2) is 46.6 Å². The Morgan fingerprint density at radius 2 is 2.06 bits per heavy atom. The zero-order valence-electron chi connectivity index (χ0n) is 18.7. The van der Waals surface area contributed by atoms with E-state index < -0.39 is 0 Å². The van der Waals surface area contributed by atoms with Crippen molar-refractivity contribution >= 4 is 73.6 Å². The molecule has 1 aliphatic carbocycles. The van der Waals surface area contributed by atoms with Gasteiger partial charge in [-0.15, -0.1) is 11.3 Å². The fourth-order valence-electron chi connectivity index (χ4n) is 4.09. The lowest BCUT2D eigenvalue weighted by Crippen LogP contribution is -2.18. The Hall–Kier alpha value is -2.14. The molecule has 0 fully saturated rings. The van der Waals surface area contributed by atoms with Gasteiger partial charge in [-0.2, -0.15) is 9.78 Å². The van der Waals surface area contributed by atoms with Crippen molar-refractivity contribution in [3.05, 3.63) is 82.2 Å². The molecular weight excluding hydrogens is 620 g/mol. The Kier molecular flexibility index (Phi) is 7.34. The number of ether oxygens (including phenoxy) is 2. The molecule has 180 valence electrons. The van der Waals surface area contributed by atoms with E-state index in [4.69, 9.17) is 32.7 Å². The maximum absolute atomic E-state index is 13.1. The van der Waals surface area contributed by atoms with Crippen molar-refractivity contribution in [3.8, 4) is 11.5 Å². The summed E-state index contributed by atoms with van der Waals surface area (Å²) < 4.78 is 13.7. The summed E-state index contributed by atoms with van der Waals surface area (Å²) in [6.07, 6.45) is 7.33. The fourth-order valence-corrected chi connectivity index (χ4v) is 6.55. The minimum Gasteiger partial charge on any atom is -0.493 e. The van der Waals surface area contributed by atoms with E-state index in [0.717, 1.165) is 44.4 Å². The van der Waals surface area contributed by atoms with Crippen molar-refractivity contribution in [2.24, 2.45) is 5.10 Å². The normalized spacial score (nSPS) is 13.4. The van der Waals surface area contributed by atoms with Gasteiger partial charge >= 0.3 is 0 Å². The number of methoxy groups -OCH3 is 1. The summed E-state index contributed by atoms with van der Waals surface area (Å²) in [5.41, 5.74) is 2.60. The SMILES string of the molecule is COc1cc(/C=N\n2cnc3sc4c(c3c2=O)CCCC4)cc(I)c1OCc1ccc(Cl)cc1Cl. The first-order chi connectivity index (χ1) is 16.9. The summed E-state index contributed by atoms with van der Waals surface area (Å²) in [6, 6.07) is 9.01. The molecule has 4 aromatic rings. The van der Waals surface area contributed by atoms with Crippen LogP contribution >= 0.6 is 57.1 Å². The smallest absolute Gasteiger partial charge is 0.282 e. The molecule has 0 amide bonds. The number of benzene rings is 2. The van der Waals surface area contributed by atoms with Gasteiger partial charge in [0.15, 0.2) is 11.5 Å². The van der Waals surface area contributed by atoms with Crippen LogP contribution in [0.5, 0.6) is 11.5 Å². The maximum atomic E-state index is 13.1. The van der Waals surface area contributed by atoms with Crippen LogP contribution in [0, 0.1) is 3.57 Å². The molecule has 0 saturated heterocycles. The number of nitrogens with zero attached hydrogens (tertiary/aromatic N) is 3. The third kappa shape index (κ3) is 5.07. The van der Waals surface area contributed by atoms with Gasteiger partial charge in [0.05, 0.1) is 22.3 Å². The summed E-state index contributed by atoms with van der Waals surface area (Å²) in [7, 11) is 1.58. The molecule has 0 bridgehead atoms. The van der Waals surface area contributed by atoms with E-state index in [1.807, 2.05) is 18.2 Å². The second-order valence-electron chi connectivity index (χ2n) is 8.09. The number of thiophene rings is 1.